The van der Waals surface area contributed by atoms with E-state index in [2.05, 4.69) is 28.3 Å². The molecule has 1 aromatic rings. The van der Waals surface area contributed by atoms with Crippen molar-refractivity contribution in [2.75, 3.05) is 0 Å². The molecule has 0 bridgehead atoms. The SMILES string of the molecule is CCCCCCCCCC(NN)c1cc(Br)ccc1Cl. The number of halogens is 2. The fourth-order valence-electron chi connectivity index (χ4n) is 2.42. The zero-order chi connectivity index (χ0) is 14.8. The average Bonchev–Trinajstić information content (AvgIpc) is 2.45. The van der Waals surface area contributed by atoms with Gasteiger partial charge in [-0.1, -0.05) is 79.4 Å². The molecule has 0 spiro atoms. The van der Waals surface area contributed by atoms with Gasteiger partial charge in [-0.05, 0) is 30.2 Å². The van der Waals surface area contributed by atoms with E-state index in [0.717, 1.165) is 21.5 Å². The second kappa shape index (κ2) is 10.6. The third kappa shape index (κ3) is 6.57. The van der Waals surface area contributed by atoms with Crippen LogP contribution in [-0.4, -0.2) is 0 Å². The third-order valence-corrected chi connectivity index (χ3v) is 4.47. The summed E-state index contributed by atoms with van der Waals surface area (Å²) < 4.78 is 1.04. The normalized spacial score (nSPS) is 12.6. The predicted octanol–water partition coefficient (Wildman–Crippen LogP) is 5.75. The maximum absolute atomic E-state index is 6.25. The van der Waals surface area contributed by atoms with Crippen LogP contribution < -0.4 is 11.3 Å². The summed E-state index contributed by atoms with van der Waals surface area (Å²) in [6.45, 7) is 2.25. The Morgan fingerprint density at radius 1 is 1.15 bits per heavy atom. The number of nitrogens with one attached hydrogen (secondary N) is 1. The van der Waals surface area contributed by atoms with E-state index in [1.807, 2.05) is 18.2 Å². The number of unbranched alkanes of at least 4 members (excludes halogenated alkanes) is 6. The minimum atomic E-state index is 0.135. The lowest BCUT2D eigenvalue weighted by Gasteiger charge is -2.18. The zero-order valence-corrected chi connectivity index (χ0v) is 14.6. The van der Waals surface area contributed by atoms with Crippen molar-refractivity contribution in [3.63, 3.8) is 0 Å². The van der Waals surface area contributed by atoms with Gasteiger partial charge in [0.1, 0.15) is 0 Å². The maximum atomic E-state index is 6.25. The molecule has 0 radical (unpaired) electrons. The van der Waals surface area contributed by atoms with Gasteiger partial charge in [0.05, 0.1) is 0 Å². The molecule has 0 amide bonds. The summed E-state index contributed by atoms with van der Waals surface area (Å²) in [5.41, 5.74) is 3.97. The monoisotopic (exact) mass is 360 g/mol. The topological polar surface area (TPSA) is 38.0 Å². The van der Waals surface area contributed by atoms with E-state index in [-0.39, 0.29) is 6.04 Å². The molecule has 3 N–H and O–H groups in total. The van der Waals surface area contributed by atoms with Crippen molar-refractivity contribution < 1.29 is 0 Å². The van der Waals surface area contributed by atoms with Crippen molar-refractivity contribution in [1.29, 1.82) is 0 Å². The van der Waals surface area contributed by atoms with E-state index in [1.54, 1.807) is 0 Å². The summed E-state index contributed by atoms with van der Waals surface area (Å²) in [6.07, 6.45) is 10.2. The molecule has 0 heterocycles. The largest absolute Gasteiger partial charge is 0.271 e. The minimum absolute atomic E-state index is 0.135. The number of hydrazine groups is 1. The first-order chi connectivity index (χ1) is 9.69. The first kappa shape index (κ1) is 18.0. The molecule has 1 rings (SSSR count). The van der Waals surface area contributed by atoms with Crippen LogP contribution in [0.15, 0.2) is 22.7 Å². The fourth-order valence-corrected chi connectivity index (χ4v) is 3.04. The second-order valence-electron chi connectivity index (χ2n) is 5.30. The molecule has 4 heteroatoms. The highest BCUT2D eigenvalue weighted by Gasteiger charge is 2.13. The van der Waals surface area contributed by atoms with Gasteiger partial charge in [-0.15, -0.1) is 0 Å². The Kier molecular flexibility index (Phi) is 9.53. The Hall–Kier alpha value is -0.0900. The lowest BCUT2D eigenvalue weighted by molar-refractivity contribution is 0.476. The molecule has 2 nitrogen and oxygen atoms in total. The van der Waals surface area contributed by atoms with Gasteiger partial charge in [0.25, 0.3) is 0 Å². The van der Waals surface area contributed by atoms with Crippen LogP contribution in [0, 0.1) is 0 Å². The van der Waals surface area contributed by atoms with E-state index in [9.17, 15) is 0 Å². The Labute approximate surface area is 136 Å². The van der Waals surface area contributed by atoms with Gasteiger partial charge in [-0.2, -0.15) is 0 Å². The second-order valence-corrected chi connectivity index (χ2v) is 6.62. The minimum Gasteiger partial charge on any atom is -0.271 e. The van der Waals surface area contributed by atoms with E-state index in [4.69, 9.17) is 17.4 Å². The van der Waals surface area contributed by atoms with E-state index < -0.39 is 0 Å². The molecule has 20 heavy (non-hydrogen) atoms. The van der Waals surface area contributed by atoms with Crippen LogP contribution in [0.4, 0.5) is 0 Å². The highest BCUT2D eigenvalue weighted by Crippen LogP contribution is 2.29. The number of benzene rings is 1. The summed E-state index contributed by atoms with van der Waals surface area (Å²) in [7, 11) is 0. The highest BCUT2D eigenvalue weighted by atomic mass is 79.9. The molecule has 1 atom stereocenters. The molecule has 1 unspecified atom stereocenters. The summed E-state index contributed by atoms with van der Waals surface area (Å²) >= 11 is 9.73. The van der Waals surface area contributed by atoms with Gasteiger partial charge in [-0.3, -0.25) is 11.3 Å². The zero-order valence-electron chi connectivity index (χ0n) is 12.3. The lowest BCUT2D eigenvalue weighted by Crippen LogP contribution is -2.28. The van der Waals surface area contributed by atoms with Gasteiger partial charge in [0.2, 0.25) is 0 Å². The molecule has 0 aromatic heterocycles. The summed E-state index contributed by atoms with van der Waals surface area (Å²) in [6, 6.07) is 6.05. The Morgan fingerprint density at radius 3 is 2.45 bits per heavy atom. The van der Waals surface area contributed by atoms with E-state index >= 15 is 0 Å². The molecule has 0 saturated heterocycles. The Bertz CT molecular complexity index is 385. The molecule has 0 aliphatic rings. The standard InChI is InChI=1S/C16H26BrClN2/c1-2-3-4-5-6-7-8-9-16(20-19)14-12-13(17)10-11-15(14)18/h10-12,16,20H,2-9,19H2,1H3. The van der Waals surface area contributed by atoms with Crippen LogP contribution in [0.25, 0.3) is 0 Å². The molecule has 1 aromatic carbocycles. The van der Waals surface area contributed by atoms with Crippen LogP contribution in [-0.2, 0) is 0 Å². The number of rotatable bonds is 10. The van der Waals surface area contributed by atoms with Crippen molar-refractivity contribution in [2.24, 2.45) is 5.84 Å². The smallest absolute Gasteiger partial charge is 0.0475 e. The molecule has 0 saturated carbocycles. The van der Waals surface area contributed by atoms with Crippen molar-refractivity contribution in [2.45, 2.75) is 64.3 Å². The van der Waals surface area contributed by atoms with Gasteiger partial charge >= 0.3 is 0 Å². The van der Waals surface area contributed by atoms with Gasteiger partial charge in [0.15, 0.2) is 0 Å². The van der Waals surface area contributed by atoms with Crippen LogP contribution in [0.3, 0.4) is 0 Å². The first-order valence-electron chi connectivity index (χ1n) is 7.60. The third-order valence-electron chi connectivity index (χ3n) is 3.63. The fraction of sp³-hybridized carbons (Fsp3) is 0.625. The van der Waals surface area contributed by atoms with E-state index in [1.165, 1.54) is 44.9 Å². The van der Waals surface area contributed by atoms with Gasteiger partial charge < -0.3 is 0 Å². The molecule has 0 fully saturated rings. The van der Waals surface area contributed by atoms with Crippen LogP contribution in [0.5, 0.6) is 0 Å². The van der Waals surface area contributed by atoms with Crippen molar-refractivity contribution >= 4 is 27.5 Å². The summed E-state index contributed by atoms with van der Waals surface area (Å²) in [5, 5.41) is 0.777. The molecular weight excluding hydrogens is 336 g/mol. The quantitative estimate of drug-likeness (QED) is 0.316. The van der Waals surface area contributed by atoms with Gasteiger partial charge in [0, 0.05) is 15.5 Å². The summed E-state index contributed by atoms with van der Waals surface area (Å²) in [4.78, 5) is 0. The Balaban J connectivity index is 2.34. The molecular formula is C16H26BrClN2. The Morgan fingerprint density at radius 2 is 1.80 bits per heavy atom. The lowest BCUT2D eigenvalue weighted by atomic mass is 10.00. The van der Waals surface area contributed by atoms with Gasteiger partial charge in [-0.25, -0.2) is 0 Å². The van der Waals surface area contributed by atoms with Crippen molar-refractivity contribution in [3.8, 4) is 0 Å². The maximum Gasteiger partial charge on any atom is 0.0475 e. The average molecular weight is 362 g/mol. The first-order valence-corrected chi connectivity index (χ1v) is 8.77. The van der Waals surface area contributed by atoms with E-state index in [0.29, 0.717) is 0 Å². The molecule has 0 aliphatic heterocycles. The van der Waals surface area contributed by atoms with Crippen LogP contribution >= 0.6 is 27.5 Å². The van der Waals surface area contributed by atoms with Crippen molar-refractivity contribution in [1.82, 2.24) is 5.43 Å². The van der Waals surface area contributed by atoms with Crippen molar-refractivity contribution in [3.05, 3.63) is 33.3 Å². The molecule has 114 valence electrons. The number of hydrogen-bond donors (Lipinski definition) is 2. The highest BCUT2D eigenvalue weighted by molar-refractivity contribution is 9.10. The van der Waals surface area contributed by atoms with Crippen LogP contribution in [0.2, 0.25) is 5.02 Å². The number of nitrogens with two attached hydrogens (primary N) is 1. The predicted molar refractivity (Wildman–Crippen MR) is 91.8 cm³/mol. The molecule has 0 aliphatic carbocycles. The summed E-state index contributed by atoms with van der Waals surface area (Å²) in [5.74, 6) is 5.68. The van der Waals surface area contributed by atoms with Crippen LogP contribution in [0.1, 0.15) is 69.9 Å². The number of hydrogen-bond acceptors (Lipinski definition) is 2.